The van der Waals surface area contributed by atoms with E-state index in [2.05, 4.69) is 20.3 Å². The van der Waals surface area contributed by atoms with Crippen molar-refractivity contribution in [2.45, 2.75) is 44.1 Å². The van der Waals surface area contributed by atoms with Crippen molar-refractivity contribution in [1.29, 1.82) is 0 Å². The van der Waals surface area contributed by atoms with E-state index in [9.17, 15) is 13.6 Å². The molecule has 10 heteroatoms. The van der Waals surface area contributed by atoms with Crippen molar-refractivity contribution >= 4 is 46.5 Å². The number of alkyl carbamates (subject to hydrolysis) is 1. The third-order valence-electron chi connectivity index (χ3n) is 4.81. The fraction of sp³-hybridized carbons (Fsp3) is 0.364. The van der Waals surface area contributed by atoms with E-state index in [1.165, 1.54) is 42.4 Å². The lowest BCUT2D eigenvalue weighted by Crippen LogP contribution is -2.36. The Bertz CT molecular complexity index is 1100. The number of nitrogens with zero attached hydrogens (tertiary/aromatic N) is 3. The number of carbonyl (C=O) groups is 1. The summed E-state index contributed by atoms with van der Waals surface area (Å²) >= 11 is 7.14. The predicted octanol–water partition coefficient (Wildman–Crippen LogP) is 5.79. The number of thioether (sulfide) groups is 1. The Balaban J connectivity index is 1.58. The molecule has 2 aliphatic rings. The van der Waals surface area contributed by atoms with E-state index in [0.29, 0.717) is 16.3 Å². The minimum Gasteiger partial charge on any atom is -0.444 e. The van der Waals surface area contributed by atoms with Gasteiger partial charge in [-0.25, -0.2) is 23.5 Å². The molecule has 1 fully saturated rings. The number of amidine groups is 1. The summed E-state index contributed by atoms with van der Waals surface area (Å²) in [7, 11) is 0. The summed E-state index contributed by atoms with van der Waals surface area (Å²) in [5, 5.41) is 3.45. The number of aromatic nitrogens is 2. The Morgan fingerprint density at radius 3 is 2.78 bits per heavy atom. The number of hydrogen-bond donors (Lipinski definition) is 1. The van der Waals surface area contributed by atoms with Crippen molar-refractivity contribution in [2.75, 3.05) is 0 Å². The fourth-order valence-electron chi connectivity index (χ4n) is 3.34. The Hall–Kier alpha value is -2.52. The van der Waals surface area contributed by atoms with Crippen LogP contribution in [0.15, 0.2) is 35.6 Å². The zero-order chi connectivity index (χ0) is 23.0. The number of halogens is 3. The fourth-order valence-corrected chi connectivity index (χ4v) is 4.68. The SMILES string of the molecule is CC(C)(C)OC(=O)NC1=NC(c2cc(/C=C(\F)c3cnc(Cl)cn3)ccc2F)C2CC2S1. The van der Waals surface area contributed by atoms with Gasteiger partial charge >= 0.3 is 6.09 Å². The van der Waals surface area contributed by atoms with Gasteiger partial charge in [-0.3, -0.25) is 10.3 Å². The van der Waals surface area contributed by atoms with Gasteiger partial charge in [0.2, 0.25) is 0 Å². The number of rotatable bonds is 3. The first-order valence-electron chi connectivity index (χ1n) is 9.98. The maximum atomic E-state index is 14.7. The summed E-state index contributed by atoms with van der Waals surface area (Å²) in [4.78, 5) is 24.4. The molecule has 1 N–H and O–H groups in total. The molecule has 2 heterocycles. The highest BCUT2D eigenvalue weighted by atomic mass is 35.5. The van der Waals surface area contributed by atoms with Crippen LogP contribution in [0.2, 0.25) is 5.15 Å². The van der Waals surface area contributed by atoms with Crippen LogP contribution in [0.3, 0.4) is 0 Å². The lowest BCUT2D eigenvalue weighted by Gasteiger charge is -2.23. The molecular formula is C22H21ClF2N4O2S. The highest BCUT2D eigenvalue weighted by molar-refractivity contribution is 8.14. The molecule has 1 aromatic heterocycles. The smallest absolute Gasteiger partial charge is 0.413 e. The van der Waals surface area contributed by atoms with Crippen LogP contribution in [0.1, 0.15) is 50.1 Å². The highest BCUT2D eigenvalue weighted by Gasteiger charge is 2.49. The number of amides is 1. The Labute approximate surface area is 193 Å². The third-order valence-corrected chi connectivity index (χ3v) is 6.28. The molecule has 6 nitrogen and oxygen atoms in total. The molecular weight excluding hydrogens is 458 g/mol. The second kappa shape index (κ2) is 8.78. The zero-order valence-corrected chi connectivity index (χ0v) is 19.2. The van der Waals surface area contributed by atoms with Crippen molar-refractivity contribution in [2.24, 2.45) is 10.9 Å². The lowest BCUT2D eigenvalue weighted by atomic mass is 9.99. The van der Waals surface area contributed by atoms with Gasteiger partial charge in [-0.2, -0.15) is 0 Å². The molecule has 0 spiro atoms. The quantitative estimate of drug-likeness (QED) is 0.603. The van der Waals surface area contributed by atoms with Gasteiger partial charge in [-0.15, -0.1) is 0 Å². The Kier molecular flexibility index (Phi) is 6.22. The van der Waals surface area contributed by atoms with Crippen LogP contribution in [0.5, 0.6) is 0 Å². The molecule has 32 heavy (non-hydrogen) atoms. The van der Waals surface area contributed by atoms with Gasteiger partial charge in [0, 0.05) is 10.8 Å². The minimum atomic E-state index is -0.642. The normalized spacial score (nSPS) is 22.6. The van der Waals surface area contributed by atoms with E-state index < -0.39 is 29.4 Å². The average molecular weight is 479 g/mol. The number of hydrogen-bond acceptors (Lipinski definition) is 6. The predicted molar refractivity (Wildman–Crippen MR) is 121 cm³/mol. The van der Waals surface area contributed by atoms with Gasteiger partial charge in [-0.05, 0) is 56.9 Å². The van der Waals surface area contributed by atoms with E-state index in [1.807, 2.05) is 0 Å². The van der Waals surface area contributed by atoms with Crippen molar-refractivity contribution in [1.82, 2.24) is 15.3 Å². The first-order chi connectivity index (χ1) is 15.1. The molecule has 0 saturated heterocycles. The van der Waals surface area contributed by atoms with E-state index in [4.69, 9.17) is 16.3 Å². The second-order valence-electron chi connectivity index (χ2n) is 8.56. The summed E-state index contributed by atoms with van der Waals surface area (Å²) < 4.78 is 34.6. The number of benzene rings is 1. The van der Waals surface area contributed by atoms with Crippen LogP contribution in [-0.4, -0.2) is 32.1 Å². The molecule has 1 aromatic carbocycles. The summed E-state index contributed by atoms with van der Waals surface area (Å²) in [5.74, 6) is -0.896. The van der Waals surface area contributed by atoms with Gasteiger partial charge in [0.15, 0.2) is 11.0 Å². The zero-order valence-electron chi connectivity index (χ0n) is 17.6. The molecule has 3 unspecified atom stereocenters. The standard InChI is InChI=1S/C22H21ClF2N4O2S/c1-22(2,3)31-21(30)29-20-28-19(13-8-17(13)32-20)12-6-11(4-5-14(12)24)7-15(25)16-9-27-18(23)10-26-16/h4-7,9-10,13,17,19H,8H2,1-3H3,(H,28,29,30)/b15-7-. The Morgan fingerprint density at radius 1 is 1.31 bits per heavy atom. The number of carbonyl (C=O) groups excluding carboxylic acids is 1. The number of fused-ring (bicyclic) bond motifs is 1. The monoisotopic (exact) mass is 478 g/mol. The van der Waals surface area contributed by atoms with Crippen molar-refractivity contribution in [3.8, 4) is 0 Å². The molecule has 1 saturated carbocycles. The maximum Gasteiger partial charge on any atom is 0.413 e. The number of aliphatic imine (C=N–C) groups is 1. The molecule has 2 aromatic rings. The molecule has 1 amide bonds. The topological polar surface area (TPSA) is 76.5 Å². The summed E-state index contributed by atoms with van der Waals surface area (Å²) in [5.41, 5.74) is 0.197. The summed E-state index contributed by atoms with van der Waals surface area (Å²) in [6, 6.07) is 3.87. The van der Waals surface area contributed by atoms with Gasteiger partial charge in [0.25, 0.3) is 0 Å². The highest BCUT2D eigenvalue weighted by Crippen LogP contribution is 2.54. The average Bonchev–Trinajstić information content (AvgIpc) is 3.47. The summed E-state index contributed by atoms with van der Waals surface area (Å²) in [6.07, 6.45) is 3.98. The third kappa shape index (κ3) is 5.45. The van der Waals surface area contributed by atoms with Crippen molar-refractivity contribution < 1.29 is 18.3 Å². The van der Waals surface area contributed by atoms with Crippen LogP contribution in [0.4, 0.5) is 13.6 Å². The van der Waals surface area contributed by atoms with Crippen molar-refractivity contribution in [3.63, 3.8) is 0 Å². The van der Waals surface area contributed by atoms with Crippen molar-refractivity contribution in [3.05, 3.63) is 58.4 Å². The molecule has 1 aliphatic carbocycles. The van der Waals surface area contributed by atoms with Gasteiger partial charge in [0.05, 0.1) is 18.4 Å². The van der Waals surface area contributed by atoms with E-state index in [1.54, 1.807) is 26.8 Å². The number of ether oxygens (including phenoxy) is 1. The first kappa shape index (κ1) is 22.7. The largest absolute Gasteiger partial charge is 0.444 e. The van der Waals surface area contributed by atoms with Crippen LogP contribution in [-0.2, 0) is 4.74 Å². The van der Waals surface area contributed by atoms with Gasteiger partial charge < -0.3 is 4.74 Å². The summed E-state index contributed by atoms with van der Waals surface area (Å²) in [6.45, 7) is 5.31. The first-order valence-corrected chi connectivity index (χ1v) is 11.2. The molecule has 168 valence electrons. The van der Waals surface area contributed by atoms with Crippen LogP contribution in [0.25, 0.3) is 11.9 Å². The minimum absolute atomic E-state index is 0.0264. The lowest BCUT2D eigenvalue weighted by molar-refractivity contribution is 0.0564. The molecule has 0 radical (unpaired) electrons. The van der Waals surface area contributed by atoms with Crippen LogP contribution >= 0.6 is 23.4 Å². The van der Waals surface area contributed by atoms with Crippen LogP contribution < -0.4 is 5.32 Å². The van der Waals surface area contributed by atoms with Gasteiger partial charge in [-0.1, -0.05) is 29.4 Å². The Morgan fingerprint density at radius 2 is 2.09 bits per heavy atom. The molecule has 1 aliphatic heterocycles. The maximum absolute atomic E-state index is 14.7. The van der Waals surface area contributed by atoms with E-state index >= 15 is 0 Å². The van der Waals surface area contributed by atoms with Crippen LogP contribution in [0, 0.1) is 11.7 Å². The van der Waals surface area contributed by atoms with Gasteiger partial charge in [0.1, 0.15) is 22.3 Å². The van der Waals surface area contributed by atoms with E-state index in [-0.39, 0.29) is 22.0 Å². The second-order valence-corrected chi connectivity index (χ2v) is 10.2. The van der Waals surface area contributed by atoms with E-state index in [0.717, 1.165) is 6.42 Å². The number of nitrogens with one attached hydrogen (secondary N) is 1. The molecule has 0 bridgehead atoms. The molecule has 4 rings (SSSR count). The molecule has 3 atom stereocenters.